The summed E-state index contributed by atoms with van der Waals surface area (Å²) in [6.07, 6.45) is 13.8. The van der Waals surface area contributed by atoms with Crippen molar-refractivity contribution >= 4 is 5.97 Å². The Balaban J connectivity index is 1.33. The Morgan fingerprint density at radius 1 is 0.786 bits per heavy atom. The molecule has 2 aromatic carbocycles. The van der Waals surface area contributed by atoms with Gasteiger partial charge in [0.15, 0.2) is 0 Å². The van der Waals surface area contributed by atoms with Crippen LogP contribution < -0.4 is 0 Å². The largest absolute Gasteiger partial charge is 0.462 e. The van der Waals surface area contributed by atoms with Gasteiger partial charge in [0, 0.05) is 0 Å². The van der Waals surface area contributed by atoms with E-state index in [1.165, 1.54) is 73.6 Å². The van der Waals surface area contributed by atoms with Crippen LogP contribution in [0.5, 0.6) is 0 Å². The van der Waals surface area contributed by atoms with Gasteiger partial charge in [0.05, 0.1) is 12.2 Å². The molecule has 0 radical (unpaired) electrons. The highest BCUT2D eigenvalue weighted by Gasteiger charge is 2.19. The topological polar surface area (TPSA) is 26.3 Å². The zero-order valence-electron chi connectivity index (χ0n) is 17.3. The maximum absolute atomic E-state index is 12.4. The molecule has 28 heavy (non-hydrogen) atoms. The molecule has 0 aromatic heterocycles. The molecule has 0 bridgehead atoms. The average molecular weight is 379 g/mol. The minimum Gasteiger partial charge on any atom is -0.462 e. The Labute approximate surface area is 170 Å². The Morgan fingerprint density at radius 2 is 1.43 bits per heavy atom. The van der Waals surface area contributed by atoms with E-state index < -0.39 is 0 Å². The normalized spacial score (nSPS) is 11.9. The van der Waals surface area contributed by atoms with Crippen molar-refractivity contribution in [2.45, 2.75) is 77.6 Å². The Hall–Kier alpha value is -2.09. The number of hydrogen-bond acceptors (Lipinski definition) is 2. The van der Waals surface area contributed by atoms with Crippen LogP contribution >= 0.6 is 0 Å². The highest BCUT2D eigenvalue weighted by molar-refractivity contribution is 5.92. The summed E-state index contributed by atoms with van der Waals surface area (Å²) in [5.74, 6) is -0.192. The van der Waals surface area contributed by atoms with Gasteiger partial charge in [0.1, 0.15) is 0 Å². The summed E-state index contributed by atoms with van der Waals surface area (Å²) in [5, 5.41) is 0. The maximum atomic E-state index is 12.4. The first-order valence-corrected chi connectivity index (χ1v) is 11.2. The van der Waals surface area contributed by atoms with Crippen LogP contribution in [0.1, 0.15) is 92.6 Å². The van der Waals surface area contributed by atoms with E-state index in [-0.39, 0.29) is 5.97 Å². The van der Waals surface area contributed by atoms with Crippen LogP contribution in [0.15, 0.2) is 42.5 Å². The van der Waals surface area contributed by atoms with Crippen molar-refractivity contribution in [1.29, 1.82) is 0 Å². The van der Waals surface area contributed by atoms with E-state index in [1.807, 2.05) is 12.1 Å². The van der Waals surface area contributed by atoms with Gasteiger partial charge >= 0.3 is 5.97 Å². The van der Waals surface area contributed by atoms with E-state index in [0.717, 1.165) is 19.3 Å². The Kier molecular flexibility index (Phi) is 8.14. The molecule has 0 amide bonds. The fraction of sp³-hybridized carbons (Fsp3) is 0.500. The summed E-state index contributed by atoms with van der Waals surface area (Å²) in [6.45, 7) is 2.79. The molecule has 2 heteroatoms. The summed E-state index contributed by atoms with van der Waals surface area (Å²) in [4.78, 5) is 12.4. The van der Waals surface area contributed by atoms with Crippen molar-refractivity contribution in [3.8, 4) is 11.1 Å². The molecular weight excluding hydrogens is 344 g/mol. The number of unbranched alkanes of at least 4 members (excludes halogenated alkanes) is 9. The third kappa shape index (κ3) is 5.70. The van der Waals surface area contributed by atoms with E-state index in [0.29, 0.717) is 12.2 Å². The van der Waals surface area contributed by atoms with Crippen LogP contribution in [-0.4, -0.2) is 12.6 Å². The fourth-order valence-corrected chi connectivity index (χ4v) is 4.09. The summed E-state index contributed by atoms with van der Waals surface area (Å²) < 4.78 is 5.51. The standard InChI is InChI=1S/C26H34O2/c1-2-3-4-5-6-7-8-9-10-13-18-28-26(27)23-17-16-22-19-21-14-11-12-15-24(21)25(22)20-23/h11-12,14-17,20H,2-10,13,18-19H2,1H3. The first kappa shape index (κ1) is 20.6. The minimum atomic E-state index is -0.192. The smallest absolute Gasteiger partial charge is 0.338 e. The molecule has 0 heterocycles. The van der Waals surface area contributed by atoms with Gasteiger partial charge in [-0.2, -0.15) is 0 Å². The average Bonchev–Trinajstić information content (AvgIpc) is 3.09. The van der Waals surface area contributed by atoms with Crippen molar-refractivity contribution in [3.05, 3.63) is 59.2 Å². The van der Waals surface area contributed by atoms with Crippen LogP contribution in [0.3, 0.4) is 0 Å². The number of esters is 1. The SMILES string of the molecule is CCCCCCCCCCCCOC(=O)c1ccc2c(c1)-c1ccccc1C2. The predicted molar refractivity (Wildman–Crippen MR) is 117 cm³/mol. The third-order valence-corrected chi connectivity index (χ3v) is 5.77. The van der Waals surface area contributed by atoms with Crippen LogP contribution in [-0.2, 0) is 11.2 Å². The molecule has 150 valence electrons. The molecule has 1 aliphatic carbocycles. The predicted octanol–water partition coefficient (Wildman–Crippen LogP) is 7.34. The number of carbonyl (C=O) groups excluding carboxylic acids is 1. The Morgan fingerprint density at radius 3 is 2.18 bits per heavy atom. The number of fused-ring (bicyclic) bond motifs is 3. The lowest BCUT2D eigenvalue weighted by Gasteiger charge is -2.07. The van der Waals surface area contributed by atoms with Crippen LogP contribution in [0.25, 0.3) is 11.1 Å². The van der Waals surface area contributed by atoms with Crippen LogP contribution in [0.2, 0.25) is 0 Å². The van der Waals surface area contributed by atoms with E-state index in [1.54, 1.807) is 0 Å². The lowest BCUT2D eigenvalue weighted by Crippen LogP contribution is -2.06. The first-order chi connectivity index (χ1) is 13.8. The highest BCUT2D eigenvalue weighted by atomic mass is 16.5. The molecule has 3 rings (SSSR count). The van der Waals surface area contributed by atoms with E-state index in [9.17, 15) is 4.79 Å². The zero-order valence-corrected chi connectivity index (χ0v) is 17.3. The molecular formula is C26H34O2. The quantitative estimate of drug-likeness (QED) is 0.243. The molecule has 2 aromatic rings. The van der Waals surface area contributed by atoms with Crippen molar-refractivity contribution in [3.63, 3.8) is 0 Å². The highest BCUT2D eigenvalue weighted by Crippen LogP contribution is 2.36. The van der Waals surface area contributed by atoms with E-state index in [2.05, 4.69) is 37.3 Å². The molecule has 2 nitrogen and oxygen atoms in total. The zero-order chi connectivity index (χ0) is 19.6. The lowest BCUT2D eigenvalue weighted by molar-refractivity contribution is 0.0497. The molecule has 0 saturated carbocycles. The summed E-state index contributed by atoms with van der Waals surface area (Å²) in [7, 11) is 0. The monoisotopic (exact) mass is 378 g/mol. The van der Waals surface area contributed by atoms with Gasteiger partial charge < -0.3 is 4.74 Å². The Bertz CT molecular complexity index is 763. The molecule has 0 N–H and O–H groups in total. The number of carbonyl (C=O) groups is 1. The number of rotatable bonds is 12. The third-order valence-electron chi connectivity index (χ3n) is 5.77. The lowest BCUT2D eigenvalue weighted by atomic mass is 10.0. The molecule has 0 aliphatic heterocycles. The second-order valence-electron chi connectivity index (χ2n) is 8.02. The van der Waals surface area contributed by atoms with Crippen molar-refractivity contribution in [2.24, 2.45) is 0 Å². The van der Waals surface area contributed by atoms with Gasteiger partial charge in [-0.3, -0.25) is 0 Å². The van der Waals surface area contributed by atoms with Gasteiger partial charge in [0.2, 0.25) is 0 Å². The first-order valence-electron chi connectivity index (χ1n) is 11.2. The van der Waals surface area contributed by atoms with Crippen molar-refractivity contribution in [1.82, 2.24) is 0 Å². The molecule has 1 aliphatic rings. The van der Waals surface area contributed by atoms with Crippen LogP contribution in [0, 0.1) is 0 Å². The molecule has 0 fully saturated rings. The minimum absolute atomic E-state index is 0.192. The number of ether oxygens (including phenoxy) is 1. The van der Waals surface area contributed by atoms with Gasteiger partial charge in [0.25, 0.3) is 0 Å². The second kappa shape index (κ2) is 11.0. The summed E-state index contributed by atoms with van der Waals surface area (Å²) in [5.41, 5.74) is 5.74. The van der Waals surface area contributed by atoms with Crippen molar-refractivity contribution < 1.29 is 9.53 Å². The maximum Gasteiger partial charge on any atom is 0.338 e. The van der Waals surface area contributed by atoms with Gasteiger partial charge in [-0.1, -0.05) is 95.0 Å². The summed E-state index contributed by atoms with van der Waals surface area (Å²) in [6, 6.07) is 14.4. The fourth-order valence-electron chi connectivity index (χ4n) is 4.09. The van der Waals surface area contributed by atoms with E-state index in [4.69, 9.17) is 4.74 Å². The van der Waals surface area contributed by atoms with Crippen molar-refractivity contribution in [2.75, 3.05) is 6.61 Å². The van der Waals surface area contributed by atoms with Gasteiger partial charge in [-0.05, 0) is 47.2 Å². The molecule has 0 atom stereocenters. The molecule has 0 saturated heterocycles. The second-order valence-corrected chi connectivity index (χ2v) is 8.02. The van der Waals surface area contributed by atoms with Gasteiger partial charge in [-0.25, -0.2) is 4.79 Å². The molecule has 0 unspecified atom stereocenters. The summed E-state index contributed by atoms with van der Waals surface area (Å²) >= 11 is 0. The number of hydrogen-bond donors (Lipinski definition) is 0. The molecule has 0 spiro atoms. The van der Waals surface area contributed by atoms with Crippen LogP contribution in [0.4, 0.5) is 0 Å². The number of benzene rings is 2. The van der Waals surface area contributed by atoms with E-state index >= 15 is 0 Å². The van der Waals surface area contributed by atoms with Gasteiger partial charge in [-0.15, -0.1) is 0 Å².